The first-order valence-corrected chi connectivity index (χ1v) is 7.53. The maximum absolute atomic E-state index is 12.1. The van der Waals surface area contributed by atoms with Gasteiger partial charge in [-0.15, -0.1) is 0 Å². The normalized spacial score (nSPS) is 20.2. The van der Waals surface area contributed by atoms with Crippen molar-refractivity contribution < 1.29 is 9.90 Å². The molecule has 0 aliphatic carbocycles. The minimum absolute atomic E-state index is 0.223. The number of piperidine rings is 1. The minimum atomic E-state index is -0.725. The Kier molecular flexibility index (Phi) is 4.63. The largest absolute Gasteiger partial charge is 0.389 e. The number of aliphatic hydroxyl groups excluding tert-OH is 1. The van der Waals surface area contributed by atoms with Gasteiger partial charge in [0.1, 0.15) is 17.6 Å². The predicted octanol–water partition coefficient (Wildman–Crippen LogP) is 0.113. The first kappa shape index (κ1) is 15.8. The fourth-order valence-corrected chi connectivity index (χ4v) is 2.61. The summed E-state index contributed by atoms with van der Waals surface area (Å²) < 4.78 is 0. The van der Waals surface area contributed by atoms with Crippen LogP contribution in [0.1, 0.15) is 22.5 Å². The molecule has 0 radical (unpaired) electrons. The number of aliphatic hydroxyl groups is 1. The molecule has 3 rings (SSSR count). The van der Waals surface area contributed by atoms with E-state index in [4.69, 9.17) is 5.26 Å². The zero-order chi connectivity index (χ0) is 16.9. The number of rotatable bonds is 3. The van der Waals surface area contributed by atoms with Gasteiger partial charge in [0.2, 0.25) is 0 Å². The highest BCUT2D eigenvalue weighted by atomic mass is 16.3. The molecule has 1 aliphatic heterocycles. The Morgan fingerprint density at radius 2 is 2.21 bits per heavy atom. The van der Waals surface area contributed by atoms with Crippen LogP contribution in [0.5, 0.6) is 0 Å². The Hall–Kier alpha value is -3.05. The predicted molar refractivity (Wildman–Crippen MR) is 85.1 cm³/mol. The summed E-state index contributed by atoms with van der Waals surface area (Å²) in [4.78, 5) is 26.1. The van der Waals surface area contributed by atoms with Gasteiger partial charge in [-0.25, -0.2) is 9.97 Å². The summed E-state index contributed by atoms with van der Waals surface area (Å²) in [5.41, 5.74) is 0.714. The van der Waals surface area contributed by atoms with Gasteiger partial charge in [0, 0.05) is 31.7 Å². The van der Waals surface area contributed by atoms with Crippen molar-refractivity contribution in [2.24, 2.45) is 0 Å². The maximum atomic E-state index is 12.1. The monoisotopic (exact) mass is 324 g/mol. The summed E-state index contributed by atoms with van der Waals surface area (Å²) >= 11 is 0. The molecule has 1 saturated heterocycles. The molecule has 24 heavy (non-hydrogen) atoms. The van der Waals surface area contributed by atoms with Crippen LogP contribution in [-0.2, 0) is 0 Å². The van der Waals surface area contributed by atoms with Crippen molar-refractivity contribution in [1.29, 1.82) is 5.26 Å². The molecule has 0 bridgehead atoms. The molecule has 0 saturated carbocycles. The Morgan fingerprint density at radius 1 is 1.33 bits per heavy atom. The molecule has 2 aromatic rings. The summed E-state index contributed by atoms with van der Waals surface area (Å²) in [6, 6.07) is 5.11. The number of hydrogen-bond acceptors (Lipinski definition) is 7. The van der Waals surface area contributed by atoms with Gasteiger partial charge in [0.25, 0.3) is 5.91 Å². The third-order valence-corrected chi connectivity index (χ3v) is 3.90. The summed E-state index contributed by atoms with van der Waals surface area (Å²) in [5, 5.41) is 21.9. The second-order valence-corrected chi connectivity index (χ2v) is 5.49. The van der Waals surface area contributed by atoms with Crippen molar-refractivity contribution >= 4 is 11.7 Å². The Labute approximate surface area is 138 Å². The SMILES string of the molecule is N#Cc1ccc(N2CCC(NC(=O)c3cnccn3)C(O)C2)nc1. The van der Waals surface area contributed by atoms with Crippen LogP contribution in [0.3, 0.4) is 0 Å². The van der Waals surface area contributed by atoms with Crippen LogP contribution in [0.15, 0.2) is 36.9 Å². The van der Waals surface area contributed by atoms with Crippen molar-refractivity contribution in [3.63, 3.8) is 0 Å². The highest BCUT2D eigenvalue weighted by molar-refractivity contribution is 5.92. The van der Waals surface area contributed by atoms with Crippen LogP contribution < -0.4 is 10.2 Å². The lowest BCUT2D eigenvalue weighted by Crippen LogP contribution is -2.54. The van der Waals surface area contributed by atoms with E-state index in [9.17, 15) is 9.90 Å². The standard InChI is InChI=1S/C16H16N6O2/c17-7-11-1-2-15(20-8-11)22-6-3-12(14(23)10-22)21-16(24)13-9-18-4-5-19-13/h1-2,4-5,8-9,12,14,23H,3,6,10H2,(H,21,24). The third kappa shape index (κ3) is 3.47. The van der Waals surface area contributed by atoms with Gasteiger partial charge in [-0.3, -0.25) is 9.78 Å². The van der Waals surface area contributed by atoms with E-state index in [0.29, 0.717) is 30.9 Å². The smallest absolute Gasteiger partial charge is 0.271 e. The summed E-state index contributed by atoms with van der Waals surface area (Å²) in [7, 11) is 0. The number of nitrogens with zero attached hydrogens (tertiary/aromatic N) is 5. The highest BCUT2D eigenvalue weighted by Gasteiger charge is 2.30. The zero-order valence-electron chi connectivity index (χ0n) is 12.8. The maximum Gasteiger partial charge on any atom is 0.271 e. The molecular weight excluding hydrogens is 308 g/mol. The van der Waals surface area contributed by atoms with Gasteiger partial charge in [-0.1, -0.05) is 0 Å². The molecule has 122 valence electrons. The van der Waals surface area contributed by atoms with E-state index in [1.165, 1.54) is 24.8 Å². The van der Waals surface area contributed by atoms with Gasteiger partial charge in [-0.2, -0.15) is 5.26 Å². The van der Waals surface area contributed by atoms with E-state index in [2.05, 4.69) is 20.3 Å². The van der Waals surface area contributed by atoms with Crippen molar-refractivity contribution in [1.82, 2.24) is 20.3 Å². The number of pyridine rings is 1. The number of aromatic nitrogens is 3. The molecule has 1 amide bonds. The number of anilines is 1. The molecule has 2 unspecified atom stereocenters. The Bertz CT molecular complexity index is 743. The minimum Gasteiger partial charge on any atom is -0.389 e. The summed E-state index contributed by atoms with van der Waals surface area (Å²) in [6.45, 7) is 0.992. The van der Waals surface area contributed by atoms with Crippen LogP contribution in [0.25, 0.3) is 0 Å². The number of β-amino-alcohol motifs (C(OH)–C–C–N with tert-alkyl or cyclic N) is 1. The Morgan fingerprint density at radius 3 is 2.83 bits per heavy atom. The lowest BCUT2D eigenvalue weighted by Gasteiger charge is -2.36. The average Bonchev–Trinajstić information content (AvgIpc) is 2.64. The zero-order valence-corrected chi connectivity index (χ0v) is 12.8. The fourth-order valence-electron chi connectivity index (χ4n) is 2.61. The molecule has 8 heteroatoms. The molecule has 2 aromatic heterocycles. The van der Waals surface area contributed by atoms with E-state index < -0.39 is 6.10 Å². The van der Waals surface area contributed by atoms with E-state index in [1.54, 1.807) is 12.1 Å². The van der Waals surface area contributed by atoms with Crippen LogP contribution in [-0.4, -0.2) is 51.2 Å². The average molecular weight is 324 g/mol. The van der Waals surface area contributed by atoms with Crippen LogP contribution in [0.4, 0.5) is 5.82 Å². The second-order valence-electron chi connectivity index (χ2n) is 5.49. The van der Waals surface area contributed by atoms with E-state index in [1.807, 2.05) is 11.0 Å². The number of nitriles is 1. The molecule has 3 heterocycles. The van der Waals surface area contributed by atoms with Gasteiger partial charge >= 0.3 is 0 Å². The number of carbonyl (C=O) groups is 1. The van der Waals surface area contributed by atoms with E-state index in [-0.39, 0.29) is 17.6 Å². The lowest BCUT2D eigenvalue weighted by atomic mass is 10.0. The van der Waals surface area contributed by atoms with Gasteiger partial charge in [0.15, 0.2) is 0 Å². The number of nitrogens with one attached hydrogen (secondary N) is 1. The Balaban J connectivity index is 1.61. The van der Waals surface area contributed by atoms with Crippen LogP contribution >= 0.6 is 0 Å². The van der Waals surface area contributed by atoms with Crippen molar-refractivity contribution in [3.8, 4) is 6.07 Å². The molecule has 0 spiro atoms. The van der Waals surface area contributed by atoms with Gasteiger partial charge in [-0.05, 0) is 18.6 Å². The lowest BCUT2D eigenvalue weighted by molar-refractivity contribution is 0.0793. The van der Waals surface area contributed by atoms with Crippen molar-refractivity contribution in [2.75, 3.05) is 18.0 Å². The van der Waals surface area contributed by atoms with Crippen molar-refractivity contribution in [3.05, 3.63) is 48.2 Å². The first-order chi connectivity index (χ1) is 11.7. The van der Waals surface area contributed by atoms with E-state index >= 15 is 0 Å². The molecule has 0 aromatic carbocycles. The van der Waals surface area contributed by atoms with Crippen LogP contribution in [0, 0.1) is 11.3 Å². The number of carbonyl (C=O) groups excluding carboxylic acids is 1. The first-order valence-electron chi connectivity index (χ1n) is 7.53. The van der Waals surface area contributed by atoms with Gasteiger partial charge in [0.05, 0.1) is 23.9 Å². The summed E-state index contributed by atoms with van der Waals surface area (Å²) in [6.07, 6.45) is 5.69. The molecule has 2 atom stereocenters. The summed E-state index contributed by atoms with van der Waals surface area (Å²) in [5.74, 6) is 0.351. The quantitative estimate of drug-likeness (QED) is 0.823. The van der Waals surface area contributed by atoms with Gasteiger partial charge < -0.3 is 15.3 Å². The molecule has 1 fully saturated rings. The molecule has 2 N–H and O–H groups in total. The molecule has 1 aliphatic rings. The third-order valence-electron chi connectivity index (χ3n) is 3.90. The topological polar surface area (TPSA) is 115 Å². The molecule has 8 nitrogen and oxygen atoms in total. The number of hydrogen-bond donors (Lipinski definition) is 2. The van der Waals surface area contributed by atoms with Crippen LogP contribution in [0.2, 0.25) is 0 Å². The van der Waals surface area contributed by atoms with Crippen molar-refractivity contribution in [2.45, 2.75) is 18.6 Å². The number of amides is 1. The second kappa shape index (κ2) is 7.02. The highest BCUT2D eigenvalue weighted by Crippen LogP contribution is 2.18. The fraction of sp³-hybridized carbons (Fsp3) is 0.312. The van der Waals surface area contributed by atoms with E-state index in [0.717, 1.165) is 0 Å². The molecular formula is C16H16N6O2.